The first-order valence-corrected chi connectivity index (χ1v) is 8.91. The molecule has 1 N–H and O–H groups in total. The maximum Gasteiger partial charge on any atom is 0.193 e. The van der Waals surface area contributed by atoms with Crippen molar-refractivity contribution in [1.29, 1.82) is 0 Å². The summed E-state index contributed by atoms with van der Waals surface area (Å²) in [7, 11) is 9.39. The van der Waals surface area contributed by atoms with Crippen molar-refractivity contribution >= 4 is 5.96 Å². The lowest BCUT2D eigenvalue weighted by molar-refractivity contribution is 0.294. The summed E-state index contributed by atoms with van der Waals surface area (Å²) in [5.74, 6) is 1.40. The zero-order valence-corrected chi connectivity index (χ0v) is 16.7. The van der Waals surface area contributed by atoms with Gasteiger partial charge in [-0.1, -0.05) is 24.3 Å². The third-order valence-electron chi connectivity index (χ3n) is 4.46. The van der Waals surface area contributed by atoms with Gasteiger partial charge >= 0.3 is 0 Å². The van der Waals surface area contributed by atoms with E-state index < -0.39 is 0 Å². The van der Waals surface area contributed by atoms with Crippen LogP contribution >= 0.6 is 0 Å². The molecule has 0 aliphatic rings. The van der Waals surface area contributed by atoms with E-state index in [-0.39, 0.29) is 11.9 Å². The van der Waals surface area contributed by atoms with Gasteiger partial charge in [-0.25, -0.2) is 4.39 Å². The molecule has 0 aliphatic carbocycles. The zero-order chi connectivity index (χ0) is 19.8. The van der Waals surface area contributed by atoms with Crippen LogP contribution in [0.1, 0.15) is 17.2 Å². The number of likely N-dealkylation sites (N-methyl/N-ethyl adjacent to an activating group) is 1. The average molecular weight is 372 g/mol. The fourth-order valence-corrected chi connectivity index (χ4v) is 2.96. The molecule has 0 saturated heterocycles. The summed E-state index contributed by atoms with van der Waals surface area (Å²) in [6, 6.07) is 14.7. The Kier molecular flexibility index (Phi) is 7.61. The number of halogens is 1. The number of methoxy groups -OCH3 is 1. The summed E-state index contributed by atoms with van der Waals surface area (Å²) in [6.45, 7) is 1.34. The quantitative estimate of drug-likeness (QED) is 0.599. The highest BCUT2D eigenvalue weighted by Crippen LogP contribution is 2.18. The summed E-state index contributed by atoms with van der Waals surface area (Å²) in [4.78, 5) is 8.50. The Bertz CT molecular complexity index is 746. The Labute approximate surface area is 161 Å². The maximum absolute atomic E-state index is 13.6. The molecule has 0 amide bonds. The molecule has 0 saturated carbocycles. The topological polar surface area (TPSA) is 40.1 Å². The molecule has 2 aromatic rings. The fraction of sp³-hybridized carbons (Fsp3) is 0.381. The van der Waals surface area contributed by atoms with Crippen molar-refractivity contribution in [3.05, 3.63) is 65.5 Å². The van der Waals surface area contributed by atoms with Crippen molar-refractivity contribution in [2.45, 2.75) is 12.6 Å². The number of rotatable bonds is 7. The van der Waals surface area contributed by atoms with Gasteiger partial charge in [0.2, 0.25) is 0 Å². The van der Waals surface area contributed by atoms with Gasteiger partial charge in [-0.3, -0.25) is 4.99 Å². The van der Waals surface area contributed by atoms with E-state index in [9.17, 15) is 4.39 Å². The van der Waals surface area contributed by atoms with Crippen LogP contribution in [0.2, 0.25) is 0 Å². The van der Waals surface area contributed by atoms with Crippen molar-refractivity contribution in [3.8, 4) is 5.75 Å². The van der Waals surface area contributed by atoms with Crippen LogP contribution in [-0.2, 0) is 6.54 Å². The van der Waals surface area contributed by atoms with E-state index in [0.29, 0.717) is 6.54 Å². The monoisotopic (exact) mass is 372 g/mol. The van der Waals surface area contributed by atoms with Crippen molar-refractivity contribution in [3.63, 3.8) is 0 Å². The van der Waals surface area contributed by atoms with Crippen LogP contribution in [-0.4, -0.2) is 57.6 Å². The van der Waals surface area contributed by atoms with Crippen LogP contribution in [0.3, 0.4) is 0 Å². The minimum Gasteiger partial charge on any atom is -0.497 e. The maximum atomic E-state index is 13.6. The van der Waals surface area contributed by atoms with Gasteiger partial charge in [-0.15, -0.1) is 0 Å². The average Bonchev–Trinajstić information content (AvgIpc) is 2.65. The van der Waals surface area contributed by atoms with Gasteiger partial charge < -0.3 is 19.9 Å². The lowest BCUT2D eigenvalue weighted by atomic mass is 10.1. The predicted octanol–water partition coefficient (Wildman–Crippen LogP) is 3.14. The van der Waals surface area contributed by atoms with Gasteiger partial charge in [0.15, 0.2) is 5.96 Å². The highest BCUT2D eigenvalue weighted by molar-refractivity contribution is 5.79. The van der Waals surface area contributed by atoms with Crippen LogP contribution in [0, 0.1) is 5.82 Å². The molecule has 0 radical (unpaired) electrons. The minimum atomic E-state index is -0.222. The van der Waals surface area contributed by atoms with Gasteiger partial charge in [-0.2, -0.15) is 0 Å². The molecule has 6 heteroatoms. The van der Waals surface area contributed by atoms with Crippen LogP contribution in [0.4, 0.5) is 4.39 Å². The summed E-state index contributed by atoms with van der Waals surface area (Å²) in [5, 5.41) is 3.40. The van der Waals surface area contributed by atoms with Gasteiger partial charge in [-0.05, 0) is 49.5 Å². The van der Waals surface area contributed by atoms with E-state index in [0.717, 1.165) is 29.4 Å². The van der Waals surface area contributed by atoms with E-state index in [1.165, 1.54) is 6.07 Å². The highest BCUT2D eigenvalue weighted by Gasteiger charge is 2.16. The summed E-state index contributed by atoms with van der Waals surface area (Å²) in [5.41, 5.74) is 2.09. The first-order chi connectivity index (χ1) is 12.9. The molecule has 0 aliphatic heterocycles. The van der Waals surface area contributed by atoms with E-state index in [4.69, 9.17) is 4.74 Å². The molecule has 0 aromatic heterocycles. The highest BCUT2D eigenvalue weighted by atomic mass is 19.1. The van der Waals surface area contributed by atoms with Crippen molar-refractivity contribution in [2.24, 2.45) is 4.99 Å². The second-order valence-corrected chi connectivity index (χ2v) is 6.67. The van der Waals surface area contributed by atoms with E-state index in [1.807, 2.05) is 51.5 Å². The van der Waals surface area contributed by atoms with Crippen molar-refractivity contribution < 1.29 is 9.13 Å². The molecule has 2 aromatic carbocycles. The molecule has 2 rings (SSSR count). The number of nitrogens with one attached hydrogen (secondary N) is 1. The fourth-order valence-electron chi connectivity index (χ4n) is 2.96. The number of hydrogen-bond donors (Lipinski definition) is 1. The standard InChI is InChI=1S/C21H29FN4O/c1-23-21(26(4)15-16-9-11-19(27-5)12-10-16)24-14-20(25(2)3)17-7-6-8-18(22)13-17/h6-13,20H,14-15H2,1-5H3,(H,23,24). The Balaban J connectivity index is 2.01. The Morgan fingerprint density at radius 3 is 2.41 bits per heavy atom. The van der Waals surface area contributed by atoms with E-state index >= 15 is 0 Å². The van der Waals surface area contributed by atoms with E-state index in [1.54, 1.807) is 26.3 Å². The van der Waals surface area contributed by atoms with E-state index in [2.05, 4.69) is 20.1 Å². The number of aliphatic imine (C=N–C) groups is 1. The van der Waals surface area contributed by atoms with Crippen molar-refractivity contribution in [2.75, 3.05) is 41.8 Å². The van der Waals surface area contributed by atoms with Gasteiger partial charge in [0.05, 0.1) is 13.2 Å². The molecule has 1 atom stereocenters. The molecule has 0 fully saturated rings. The summed E-state index contributed by atoms with van der Waals surface area (Å²) >= 11 is 0. The number of benzene rings is 2. The molecule has 0 bridgehead atoms. The Morgan fingerprint density at radius 1 is 1.15 bits per heavy atom. The molecule has 1 unspecified atom stereocenters. The molecular weight excluding hydrogens is 343 g/mol. The second-order valence-electron chi connectivity index (χ2n) is 6.67. The van der Waals surface area contributed by atoms with Crippen molar-refractivity contribution in [1.82, 2.24) is 15.1 Å². The normalized spacial score (nSPS) is 12.8. The van der Waals surface area contributed by atoms with Crippen LogP contribution in [0.15, 0.2) is 53.5 Å². The third-order valence-corrected chi connectivity index (χ3v) is 4.46. The number of guanidine groups is 1. The Hall–Kier alpha value is -2.60. The van der Waals surface area contributed by atoms with Gasteiger partial charge in [0.1, 0.15) is 11.6 Å². The number of hydrogen-bond acceptors (Lipinski definition) is 3. The minimum absolute atomic E-state index is 0.0341. The smallest absolute Gasteiger partial charge is 0.193 e. The summed E-state index contributed by atoms with van der Waals surface area (Å²) < 4.78 is 18.8. The molecular formula is C21H29FN4O. The van der Waals surface area contributed by atoms with Crippen LogP contribution in [0.5, 0.6) is 5.75 Å². The number of nitrogens with zero attached hydrogens (tertiary/aromatic N) is 3. The largest absolute Gasteiger partial charge is 0.497 e. The van der Waals surface area contributed by atoms with Crippen LogP contribution in [0.25, 0.3) is 0 Å². The first kappa shape index (κ1) is 20.7. The first-order valence-electron chi connectivity index (χ1n) is 8.91. The van der Waals surface area contributed by atoms with Gasteiger partial charge in [0.25, 0.3) is 0 Å². The number of ether oxygens (including phenoxy) is 1. The van der Waals surface area contributed by atoms with Crippen LogP contribution < -0.4 is 10.1 Å². The summed E-state index contributed by atoms with van der Waals surface area (Å²) in [6.07, 6.45) is 0. The molecule has 0 spiro atoms. The zero-order valence-electron chi connectivity index (χ0n) is 16.7. The predicted molar refractivity (Wildman–Crippen MR) is 109 cm³/mol. The molecule has 0 heterocycles. The lowest BCUT2D eigenvalue weighted by Crippen LogP contribution is -2.42. The molecule has 146 valence electrons. The SMILES string of the molecule is CN=C(NCC(c1cccc(F)c1)N(C)C)N(C)Cc1ccc(OC)cc1. The molecule has 27 heavy (non-hydrogen) atoms. The third kappa shape index (κ3) is 5.96. The molecule has 5 nitrogen and oxygen atoms in total. The van der Waals surface area contributed by atoms with Gasteiger partial charge in [0, 0.05) is 27.2 Å². The Morgan fingerprint density at radius 2 is 1.85 bits per heavy atom. The second kappa shape index (κ2) is 9.92. The lowest BCUT2D eigenvalue weighted by Gasteiger charge is -2.28.